The topological polar surface area (TPSA) is 29.5 Å². The third kappa shape index (κ3) is 2.35. The van der Waals surface area contributed by atoms with Crippen LogP contribution in [0, 0.1) is 0 Å². The fourth-order valence-electron chi connectivity index (χ4n) is 0.927. The van der Waals surface area contributed by atoms with Gasteiger partial charge in [0.2, 0.25) is 0 Å². The average molecular weight is 155 g/mol. The number of likely N-dealkylation sites (N-methyl/N-ethyl adjacent to an activating group) is 1. The second kappa shape index (κ2) is 3.53. The molecule has 1 fully saturated rings. The maximum atomic E-state index is 10.9. The van der Waals surface area contributed by atoms with E-state index in [0.717, 1.165) is 18.5 Å². The summed E-state index contributed by atoms with van der Waals surface area (Å²) in [4.78, 5) is 12.9. The predicted molar refractivity (Wildman–Crippen MR) is 42.2 cm³/mol. The molecule has 1 aliphatic heterocycles. The number of hydrogen-bond acceptors (Lipinski definition) is 3. The maximum absolute atomic E-state index is 10.9. The van der Waals surface area contributed by atoms with E-state index in [1.54, 1.807) is 0 Å². The number of cyclic esters (lactones) is 1. The number of esters is 1. The molecule has 0 N–H and O–H groups in total. The highest BCUT2D eigenvalue weighted by atomic mass is 16.5. The van der Waals surface area contributed by atoms with Crippen LogP contribution in [0.25, 0.3) is 0 Å². The third-order valence-electron chi connectivity index (χ3n) is 1.57. The summed E-state index contributed by atoms with van der Waals surface area (Å²) in [6.07, 6.45) is 2.70. The van der Waals surface area contributed by atoms with Gasteiger partial charge in [0, 0.05) is 18.5 Å². The molecular weight excluding hydrogens is 142 g/mol. The lowest BCUT2D eigenvalue weighted by atomic mass is 10.2. The van der Waals surface area contributed by atoms with Crippen LogP contribution in [0.3, 0.4) is 0 Å². The second-order valence-electron chi connectivity index (χ2n) is 2.88. The van der Waals surface area contributed by atoms with Crippen molar-refractivity contribution in [2.24, 2.45) is 0 Å². The fraction of sp³-hybridized carbons (Fsp3) is 0.625. The second-order valence-corrected chi connectivity index (χ2v) is 2.88. The number of rotatable bonds is 2. The Morgan fingerprint density at radius 2 is 2.36 bits per heavy atom. The summed E-state index contributed by atoms with van der Waals surface area (Å²) in [7, 11) is 3.94. The Bertz CT molecular complexity index is 185. The van der Waals surface area contributed by atoms with Gasteiger partial charge in [0.15, 0.2) is 0 Å². The zero-order valence-electron chi connectivity index (χ0n) is 6.96. The summed E-state index contributed by atoms with van der Waals surface area (Å²) >= 11 is 0. The highest BCUT2D eigenvalue weighted by Gasteiger charge is 2.17. The van der Waals surface area contributed by atoms with Crippen molar-refractivity contribution in [3.63, 3.8) is 0 Å². The Morgan fingerprint density at radius 3 is 2.82 bits per heavy atom. The Labute approximate surface area is 66.6 Å². The summed E-state index contributed by atoms with van der Waals surface area (Å²) in [6, 6.07) is 0. The van der Waals surface area contributed by atoms with Crippen LogP contribution in [0.4, 0.5) is 0 Å². The Morgan fingerprint density at radius 1 is 1.64 bits per heavy atom. The molecule has 0 unspecified atom stereocenters. The lowest BCUT2D eigenvalue weighted by Crippen LogP contribution is -2.11. The highest BCUT2D eigenvalue weighted by Crippen LogP contribution is 2.12. The summed E-state index contributed by atoms with van der Waals surface area (Å²) in [5.74, 6) is -0.146. The largest absolute Gasteiger partial charge is 0.462 e. The number of ether oxygens (including phenoxy) is 1. The first-order chi connectivity index (χ1) is 5.20. The zero-order chi connectivity index (χ0) is 8.27. The van der Waals surface area contributed by atoms with Gasteiger partial charge in [0.1, 0.15) is 0 Å². The molecule has 0 aromatic carbocycles. The minimum absolute atomic E-state index is 0.146. The van der Waals surface area contributed by atoms with Crippen LogP contribution in [-0.4, -0.2) is 38.1 Å². The molecule has 0 aromatic rings. The Hall–Kier alpha value is -0.830. The Kier molecular flexibility index (Phi) is 2.65. The summed E-state index contributed by atoms with van der Waals surface area (Å²) in [5.41, 5.74) is 0.818. The van der Waals surface area contributed by atoms with E-state index in [9.17, 15) is 4.79 Å². The molecule has 0 aliphatic carbocycles. The molecule has 3 nitrogen and oxygen atoms in total. The number of nitrogens with zero attached hydrogens (tertiary/aromatic N) is 1. The van der Waals surface area contributed by atoms with E-state index in [-0.39, 0.29) is 5.97 Å². The molecule has 3 heteroatoms. The fourth-order valence-corrected chi connectivity index (χ4v) is 0.927. The number of carbonyl (C=O) groups is 1. The van der Waals surface area contributed by atoms with Crippen LogP contribution in [0.5, 0.6) is 0 Å². The van der Waals surface area contributed by atoms with E-state index in [4.69, 9.17) is 4.74 Å². The van der Waals surface area contributed by atoms with Crippen LogP contribution in [0.1, 0.15) is 6.42 Å². The minimum atomic E-state index is -0.146. The lowest BCUT2D eigenvalue weighted by Gasteiger charge is -2.04. The molecule has 62 valence electrons. The third-order valence-corrected chi connectivity index (χ3v) is 1.57. The first kappa shape index (κ1) is 8.27. The van der Waals surface area contributed by atoms with Crippen molar-refractivity contribution in [3.05, 3.63) is 11.6 Å². The molecule has 1 saturated heterocycles. The van der Waals surface area contributed by atoms with Gasteiger partial charge in [-0.2, -0.15) is 0 Å². The van der Waals surface area contributed by atoms with E-state index in [2.05, 4.69) is 0 Å². The molecule has 0 saturated carbocycles. The minimum Gasteiger partial charge on any atom is -0.462 e. The standard InChI is InChI=1S/C8H13NO2/c1-9(2)5-3-7-4-6-11-8(7)10/h3H,4-6H2,1-2H3/b7-3+. The van der Waals surface area contributed by atoms with Gasteiger partial charge in [-0.1, -0.05) is 6.08 Å². The first-order valence-electron chi connectivity index (χ1n) is 3.71. The van der Waals surface area contributed by atoms with Crippen molar-refractivity contribution >= 4 is 5.97 Å². The van der Waals surface area contributed by atoms with Gasteiger partial charge in [-0.05, 0) is 14.1 Å². The van der Waals surface area contributed by atoms with Crippen molar-refractivity contribution in [2.45, 2.75) is 6.42 Å². The van der Waals surface area contributed by atoms with E-state index < -0.39 is 0 Å². The number of hydrogen-bond donors (Lipinski definition) is 0. The van der Waals surface area contributed by atoms with Crippen LogP contribution < -0.4 is 0 Å². The molecule has 0 radical (unpaired) electrons. The normalized spacial score (nSPS) is 21.4. The summed E-state index contributed by atoms with van der Waals surface area (Å²) in [6.45, 7) is 1.36. The predicted octanol–water partition coefficient (Wildman–Crippen LogP) is 0.421. The molecule has 0 atom stereocenters. The van der Waals surface area contributed by atoms with Crippen molar-refractivity contribution in [3.8, 4) is 0 Å². The van der Waals surface area contributed by atoms with Crippen LogP contribution in [-0.2, 0) is 9.53 Å². The molecule has 1 rings (SSSR count). The van der Waals surface area contributed by atoms with Gasteiger partial charge in [-0.15, -0.1) is 0 Å². The molecule has 0 spiro atoms. The van der Waals surface area contributed by atoms with Gasteiger partial charge >= 0.3 is 5.97 Å². The summed E-state index contributed by atoms with van der Waals surface area (Å²) < 4.78 is 4.77. The molecule has 0 aromatic heterocycles. The number of carbonyl (C=O) groups excluding carboxylic acids is 1. The van der Waals surface area contributed by atoms with E-state index >= 15 is 0 Å². The molecule has 11 heavy (non-hydrogen) atoms. The zero-order valence-corrected chi connectivity index (χ0v) is 6.96. The molecule has 1 aliphatic rings. The van der Waals surface area contributed by atoms with Gasteiger partial charge in [0.05, 0.1) is 6.61 Å². The van der Waals surface area contributed by atoms with Crippen molar-refractivity contribution in [2.75, 3.05) is 27.2 Å². The van der Waals surface area contributed by atoms with Crippen LogP contribution >= 0.6 is 0 Å². The summed E-state index contributed by atoms with van der Waals surface area (Å²) in [5, 5.41) is 0. The van der Waals surface area contributed by atoms with Crippen LogP contribution in [0.15, 0.2) is 11.6 Å². The highest BCUT2D eigenvalue weighted by molar-refractivity contribution is 5.90. The van der Waals surface area contributed by atoms with Crippen molar-refractivity contribution < 1.29 is 9.53 Å². The SMILES string of the molecule is CN(C)C/C=C1\CCOC1=O. The van der Waals surface area contributed by atoms with Gasteiger partial charge < -0.3 is 9.64 Å². The van der Waals surface area contributed by atoms with Crippen molar-refractivity contribution in [1.82, 2.24) is 4.90 Å². The molecule has 0 bridgehead atoms. The molecule has 0 amide bonds. The molecular formula is C8H13NO2. The van der Waals surface area contributed by atoms with Crippen LogP contribution in [0.2, 0.25) is 0 Å². The van der Waals surface area contributed by atoms with Gasteiger partial charge in [-0.3, -0.25) is 0 Å². The monoisotopic (exact) mass is 155 g/mol. The van der Waals surface area contributed by atoms with E-state index in [1.807, 2.05) is 25.1 Å². The lowest BCUT2D eigenvalue weighted by molar-refractivity contribution is -0.135. The van der Waals surface area contributed by atoms with E-state index in [1.165, 1.54) is 0 Å². The van der Waals surface area contributed by atoms with Gasteiger partial charge in [0.25, 0.3) is 0 Å². The molecule has 1 heterocycles. The van der Waals surface area contributed by atoms with E-state index in [0.29, 0.717) is 6.61 Å². The quantitative estimate of drug-likeness (QED) is 0.427. The average Bonchev–Trinajstić information content (AvgIpc) is 2.31. The maximum Gasteiger partial charge on any atom is 0.333 e. The Balaban J connectivity index is 2.45. The van der Waals surface area contributed by atoms with Crippen molar-refractivity contribution in [1.29, 1.82) is 0 Å². The first-order valence-corrected chi connectivity index (χ1v) is 3.71. The van der Waals surface area contributed by atoms with Gasteiger partial charge in [-0.25, -0.2) is 4.79 Å². The smallest absolute Gasteiger partial charge is 0.333 e.